The molecule has 0 bridgehead atoms. The molecule has 2 aromatic heterocycles. The molecule has 1 aliphatic rings. The van der Waals surface area contributed by atoms with Crippen molar-refractivity contribution in [1.29, 1.82) is 0 Å². The molecule has 1 saturated heterocycles. The molecule has 1 amide bonds. The van der Waals surface area contributed by atoms with Crippen LogP contribution in [0.1, 0.15) is 16.5 Å². The van der Waals surface area contributed by atoms with Crippen molar-refractivity contribution >= 4 is 16.9 Å². The second kappa shape index (κ2) is 6.94. The molecule has 0 unspecified atom stereocenters. The fourth-order valence-electron chi connectivity index (χ4n) is 3.45. The zero-order valence-electron chi connectivity index (χ0n) is 15.5. The van der Waals surface area contributed by atoms with E-state index < -0.39 is 0 Å². The van der Waals surface area contributed by atoms with E-state index in [1.54, 1.807) is 11.0 Å². The normalized spacial score (nSPS) is 14.0. The maximum Gasteiger partial charge on any atom is 0.274 e. The Kier molecular flexibility index (Phi) is 4.13. The van der Waals surface area contributed by atoms with Gasteiger partial charge in [-0.3, -0.25) is 14.6 Å². The van der Waals surface area contributed by atoms with E-state index in [1.165, 1.54) is 16.9 Å². The minimum absolute atomic E-state index is 0.150. The Morgan fingerprint density at radius 2 is 1.62 bits per heavy atom. The third-order valence-corrected chi connectivity index (χ3v) is 5.06. The Morgan fingerprint density at radius 3 is 2.41 bits per heavy atom. The Labute approximate surface area is 166 Å². The third-order valence-electron chi connectivity index (χ3n) is 5.06. The monoisotopic (exact) mass is 383 g/mol. The topological polar surface area (TPSA) is 81.0 Å². The molecule has 2 aromatic carbocycles. The molecule has 4 aromatic rings. The maximum absolute atomic E-state index is 12.7. The van der Waals surface area contributed by atoms with Crippen molar-refractivity contribution in [3.63, 3.8) is 0 Å². The molecule has 3 heterocycles. The van der Waals surface area contributed by atoms with Crippen molar-refractivity contribution in [3.8, 4) is 11.3 Å². The van der Waals surface area contributed by atoms with Crippen LogP contribution in [-0.2, 0) is 0 Å². The van der Waals surface area contributed by atoms with E-state index in [-0.39, 0.29) is 17.5 Å². The average Bonchev–Trinajstić information content (AvgIpc) is 2.74. The number of hydrogen-bond acceptors (Lipinski definition) is 5. The van der Waals surface area contributed by atoms with Crippen molar-refractivity contribution in [2.75, 3.05) is 13.1 Å². The van der Waals surface area contributed by atoms with Gasteiger partial charge in [0.25, 0.3) is 11.5 Å². The van der Waals surface area contributed by atoms with E-state index in [1.807, 2.05) is 54.6 Å². The first-order valence-electron chi connectivity index (χ1n) is 9.35. The number of carbonyl (C=O) groups excluding carboxylic acids is 1. The lowest BCUT2D eigenvalue weighted by Crippen LogP contribution is -2.53. The zero-order valence-corrected chi connectivity index (χ0v) is 15.5. The average molecular weight is 383 g/mol. The van der Waals surface area contributed by atoms with Crippen LogP contribution in [0.4, 0.5) is 0 Å². The highest BCUT2D eigenvalue weighted by molar-refractivity contribution is 5.94. The molecular formula is C22H17N5O2. The molecular weight excluding hydrogens is 366 g/mol. The molecule has 0 saturated carbocycles. The lowest BCUT2D eigenvalue weighted by molar-refractivity contribution is 0.0487. The van der Waals surface area contributed by atoms with E-state index in [9.17, 15) is 9.59 Å². The van der Waals surface area contributed by atoms with Gasteiger partial charge in [0.1, 0.15) is 5.69 Å². The van der Waals surface area contributed by atoms with Crippen LogP contribution in [0, 0.1) is 0 Å². The summed E-state index contributed by atoms with van der Waals surface area (Å²) in [6.45, 7) is 0.830. The first kappa shape index (κ1) is 17.2. The Bertz CT molecular complexity index is 1260. The molecule has 1 aliphatic heterocycles. The molecule has 7 heteroatoms. The van der Waals surface area contributed by atoms with Gasteiger partial charge in [0.05, 0.1) is 29.0 Å². The number of nitrogens with zero attached hydrogens (tertiary/aromatic N) is 5. The second-order valence-corrected chi connectivity index (χ2v) is 6.98. The van der Waals surface area contributed by atoms with Crippen molar-refractivity contribution < 1.29 is 4.79 Å². The highest BCUT2D eigenvalue weighted by Gasteiger charge is 2.34. The van der Waals surface area contributed by atoms with Gasteiger partial charge >= 0.3 is 0 Å². The van der Waals surface area contributed by atoms with Crippen LogP contribution in [0.15, 0.2) is 77.7 Å². The fourth-order valence-corrected chi connectivity index (χ4v) is 3.45. The zero-order chi connectivity index (χ0) is 19.8. The number of amides is 1. The highest BCUT2D eigenvalue weighted by atomic mass is 16.2. The smallest absolute Gasteiger partial charge is 0.274 e. The van der Waals surface area contributed by atoms with E-state index in [2.05, 4.69) is 15.1 Å². The summed E-state index contributed by atoms with van der Waals surface area (Å²) in [5.41, 5.74) is 3.24. The van der Waals surface area contributed by atoms with Gasteiger partial charge in [-0.2, -0.15) is 5.10 Å². The number of rotatable bonds is 3. The van der Waals surface area contributed by atoms with Gasteiger partial charge < -0.3 is 4.90 Å². The predicted octanol–water partition coefficient (Wildman–Crippen LogP) is 2.55. The van der Waals surface area contributed by atoms with E-state index in [4.69, 9.17) is 0 Å². The van der Waals surface area contributed by atoms with Gasteiger partial charge in [0, 0.05) is 24.7 Å². The Balaban J connectivity index is 1.35. The van der Waals surface area contributed by atoms with Gasteiger partial charge in [0.15, 0.2) is 0 Å². The van der Waals surface area contributed by atoms with E-state index in [0.717, 1.165) is 16.8 Å². The summed E-state index contributed by atoms with van der Waals surface area (Å²) in [6.07, 6.45) is 1.50. The first-order chi connectivity index (χ1) is 14.2. The van der Waals surface area contributed by atoms with Gasteiger partial charge in [0.2, 0.25) is 0 Å². The summed E-state index contributed by atoms with van der Waals surface area (Å²) in [5.74, 6) is -0.188. The van der Waals surface area contributed by atoms with Gasteiger partial charge in [-0.1, -0.05) is 42.5 Å². The number of carbonyl (C=O) groups is 1. The number of likely N-dealkylation sites (tertiary alicyclic amines) is 1. The third kappa shape index (κ3) is 3.16. The number of benzene rings is 2. The van der Waals surface area contributed by atoms with Crippen molar-refractivity contribution in [2.45, 2.75) is 6.04 Å². The number of para-hydroxylation sites is 2. The van der Waals surface area contributed by atoms with Crippen molar-refractivity contribution in [3.05, 3.63) is 89.0 Å². The molecule has 0 N–H and O–H groups in total. The summed E-state index contributed by atoms with van der Waals surface area (Å²) in [5, 5.41) is 4.51. The molecule has 0 atom stereocenters. The molecule has 0 aliphatic carbocycles. The molecule has 7 nitrogen and oxygen atoms in total. The van der Waals surface area contributed by atoms with Crippen LogP contribution in [0.5, 0.6) is 0 Å². The van der Waals surface area contributed by atoms with Crippen LogP contribution >= 0.6 is 0 Å². The lowest BCUT2D eigenvalue weighted by Gasteiger charge is -2.39. The molecule has 29 heavy (non-hydrogen) atoms. The standard InChI is InChI=1S/C22H17N5O2/c28-21-11-10-17(15-6-2-1-3-7-15)25-27(21)16-13-26(14-16)22(29)20-12-23-18-8-4-5-9-19(18)24-20/h1-12,16H,13-14H2. The minimum Gasteiger partial charge on any atom is -0.333 e. The first-order valence-corrected chi connectivity index (χ1v) is 9.35. The predicted molar refractivity (Wildman–Crippen MR) is 108 cm³/mol. The summed E-state index contributed by atoms with van der Waals surface area (Å²) in [4.78, 5) is 35.4. The molecule has 5 rings (SSSR count). The SMILES string of the molecule is O=C(c1cnc2ccccc2n1)N1CC(n2nc(-c3ccccc3)ccc2=O)C1. The molecule has 0 spiro atoms. The summed E-state index contributed by atoms with van der Waals surface area (Å²) in [7, 11) is 0. The lowest BCUT2D eigenvalue weighted by atomic mass is 10.1. The summed E-state index contributed by atoms with van der Waals surface area (Å²) < 4.78 is 1.47. The van der Waals surface area contributed by atoms with Gasteiger partial charge in [-0.05, 0) is 18.2 Å². The van der Waals surface area contributed by atoms with E-state index in [0.29, 0.717) is 24.3 Å². The van der Waals surface area contributed by atoms with Crippen molar-refractivity contribution in [2.24, 2.45) is 0 Å². The van der Waals surface area contributed by atoms with Crippen molar-refractivity contribution in [1.82, 2.24) is 24.6 Å². The quantitative estimate of drug-likeness (QED) is 0.543. The van der Waals surface area contributed by atoms with Crippen LogP contribution in [-0.4, -0.2) is 43.6 Å². The van der Waals surface area contributed by atoms with Crippen LogP contribution in [0.25, 0.3) is 22.3 Å². The van der Waals surface area contributed by atoms with Crippen LogP contribution < -0.4 is 5.56 Å². The molecule has 142 valence electrons. The number of aromatic nitrogens is 4. The highest BCUT2D eigenvalue weighted by Crippen LogP contribution is 2.23. The number of fused-ring (bicyclic) bond motifs is 1. The van der Waals surface area contributed by atoms with Crippen LogP contribution in [0.3, 0.4) is 0 Å². The second-order valence-electron chi connectivity index (χ2n) is 6.98. The minimum atomic E-state index is -0.188. The fraction of sp³-hybridized carbons (Fsp3) is 0.136. The van der Waals surface area contributed by atoms with Gasteiger partial charge in [-0.25, -0.2) is 9.67 Å². The van der Waals surface area contributed by atoms with Gasteiger partial charge in [-0.15, -0.1) is 0 Å². The molecule has 1 fully saturated rings. The van der Waals surface area contributed by atoms with E-state index >= 15 is 0 Å². The molecule has 0 radical (unpaired) electrons. The summed E-state index contributed by atoms with van der Waals surface area (Å²) in [6, 6.07) is 20.2. The Hall–Kier alpha value is -3.87. The maximum atomic E-state index is 12.7. The number of hydrogen-bond donors (Lipinski definition) is 0. The Morgan fingerprint density at radius 1 is 0.897 bits per heavy atom. The largest absolute Gasteiger partial charge is 0.333 e. The van der Waals surface area contributed by atoms with Crippen LogP contribution in [0.2, 0.25) is 0 Å². The summed E-state index contributed by atoms with van der Waals surface area (Å²) >= 11 is 0.